The maximum atomic E-state index is 5.88. The number of benzene rings is 1. The van der Waals surface area contributed by atoms with Gasteiger partial charge in [0, 0.05) is 6.07 Å². The van der Waals surface area contributed by atoms with E-state index in [1.165, 1.54) is 18.1 Å². The monoisotopic (exact) mass is 321 g/mol. The highest BCUT2D eigenvalue weighted by molar-refractivity contribution is 7.99. The lowest BCUT2D eigenvalue weighted by molar-refractivity contribution is 0.340. The molecule has 0 fully saturated rings. The Labute approximate surface area is 130 Å². The van der Waals surface area contributed by atoms with E-state index >= 15 is 0 Å². The summed E-state index contributed by atoms with van der Waals surface area (Å²) in [6.07, 6.45) is 1.37. The highest BCUT2D eigenvalue weighted by atomic mass is 35.5. The van der Waals surface area contributed by atoms with Crippen LogP contribution in [-0.4, -0.2) is 26.5 Å². The van der Waals surface area contributed by atoms with Gasteiger partial charge in [0.15, 0.2) is 10.3 Å². The maximum Gasteiger partial charge on any atom is 0.172 e. The molecular formula is C13H12ClN5OS. The molecule has 3 rings (SSSR count). The molecule has 108 valence electrons. The van der Waals surface area contributed by atoms with Gasteiger partial charge in [-0.2, -0.15) is 0 Å². The highest BCUT2D eigenvalue weighted by Crippen LogP contribution is 2.32. The van der Waals surface area contributed by atoms with Gasteiger partial charge >= 0.3 is 0 Å². The minimum Gasteiger partial charge on any atom is -0.494 e. The number of ether oxygens (including phenoxy) is 1. The highest BCUT2D eigenvalue weighted by Gasteiger charge is 2.11. The van der Waals surface area contributed by atoms with Crippen molar-refractivity contribution in [3.8, 4) is 5.75 Å². The Balaban J connectivity index is 1.92. The zero-order valence-corrected chi connectivity index (χ0v) is 12.7. The largest absolute Gasteiger partial charge is 0.494 e. The molecule has 3 aromatic rings. The lowest BCUT2D eigenvalue weighted by atomic mass is 10.3. The van der Waals surface area contributed by atoms with Gasteiger partial charge in [-0.3, -0.25) is 0 Å². The van der Waals surface area contributed by atoms with Crippen LogP contribution in [0.15, 0.2) is 34.7 Å². The molecule has 0 unspecified atom stereocenters. The summed E-state index contributed by atoms with van der Waals surface area (Å²) in [5, 5.41) is 1.49. The number of aromatic amines is 1. The summed E-state index contributed by atoms with van der Waals surface area (Å²) in [6, 6.07) is 5.69. The summed E-state index contributed by atoms with van der Waals surface area (Å²) in [5.74, 6) is 0.801. The minimum atomic E-state index is 0.238. The van der Waals surface area contributed by atoms with E-state index in [9.17, 15) is 0 Å². The lowest BCUT2D eigenvalue weighted by Gasteiger charge is -2.02. The molecule has 0 atom stereocenters. The first-order valence-corrected chi connectivity index (χ1v) is 7.43. The van der Waals surface area contributed by atoms with E-state index in [-0.39, 0.29) is 5.15 Å². The molecular weight excluding hydrogens is 310 g/mol. The number of H-pyrrole nitrogens is 1. The number of nitrogens with two attached hydrogens (primary N) is 1. The standard InChI is InChI=1S/C13H12ClN5OS/c1-2-20-7-3-4-8-9(5-7)19-13(18-8)21-12-10(15)11(14)16-6-17-12/h3-6H,2,15H2,1H3,(H,18,19). The smallest absolute Gasteiger partial charge is 0.172 e. The molecule has 0 amide bonds. The zero-order valence-electron chi connectivity index (χ0n) is 11.1. The third-order valence-corrected chi connectivity index (χ3v) is 3.94. The van der Waals surface area contributed by atoms with Crippen LogP contribution in [0.5, 0.6) is 5.75 Å². The molecule has 0 saturated carbocycles. The average molecular weight is 322 g/mol. The van der Waals surface area contributed by atoms with Crippen molar-refractivity contribution in [1.82, 2.24) is 19.9 Å². The maximum absolute atomic E-state index is 5.88. The molecule has 6 nitrogen and oxygen atoms in total. The first-order valence-electron chi connectivity index (χ1n) is 6.23. The Bertz CT molecular complexity index is 791. The van der Waals surface area contributed by atoms with Crippen LogP contribution in [-0.2, 0) is 0 Å². The van der Waals surface area contributed by atoms with E-state index in [1.807, 2.05) is 25.1 Å². The van der Waals surface area contributed by atoms with Crippen molar-refractivity contribution in [3.05, 3.63) is 29.7 Å². The summed E-state index contributed by atoms with van der Waals surface area (Å²) in [4.78, 5) is 15.6. The number of halogens is 1. The van der Waals surface area contributed by atoms with Gasteiger partial charge in [0.2, 0.25) is 0 Å². The lowest BCUT2D eigenvalue weighted by Crippen LogP contribution is -1.95. The van der Waals surface area contributed by atoms with Crippen LogP contribution in [0.3, 0.4) is 0 Å². The molecule has 0 bridgehead atoms. The third-order valence-electron chi connectivity index (χ3n) is 2.73. The van der Waals surface area contributed by atoms with Crippen LogP contribution in [0.2, 0.25) is 5.15 Å². The van der Waals surface area contributed by atoms with Crippen molar-refractivity contribution in [2.24, 2.45) is 0 Å². The van der Waals surface area contributed by atoms with Crippen molar-refractivity contribution in [2.75, 3.05) is 12.3 Å². The minimum absolute atomic E-state index is 0.238. The molecule has 2 heterocycles. The molecule has 3 N–H and O–H groups in total. The Morgan fingerprint density at radius 2 is 2.24 bits per heavy atom. The van der Waals surface area contributed by atoms with E-state index in [0.717, 1.165) is 16.8 Å². The number of nitrogens with zero attached hydrogens (tertiary/aromatic N) is 3. The van der Waals surface area contributed by atoms with E-state index in [0.29, 0.717) is 22.5 Å². The molecule has 1 aromatic carbocycles. The van der Waals surface area contributed by atoms with Crippen molar-refractivity contribution in [1.29, 1.82) is 0 Å². The van der Waals surface area contributed by atoms with Gasteiger partial charge in [-0.05, 0) is 30.8 Å². The molecule has 0 aliphatic heterocycles. The van der Waals surface area contributed by atoms with Gasteiger partial charge in [-0.25, -0.2) is 15.0 Å². The zero-order chi connectivity index (χ0) is 14.8. The van der Waals surface area contributed by atoms with Gasteiger partial charge in [0.25, 0.3) is 0 Å². The summed E-state index contributed by atoms with van der Waals surface area (Å²) in [5.41, 5.74) is 7.93. The first-order chi connectivity index (χ1) is 10.2. The van der Waals surface area contributed by atoms with Crippen LogP contribution < -0.4 is 10.5 Å². The van der Waals surface area contributed by atoms with E-state index in [1.54, 1.807) is 0 Å². The molecule has 0 radical (unpaired) electrons. The summed E-state index contributed by atoms with van der Waals surface area (Å²) in [7, 11) is 0. The number of anilines is 1. The van der Waals surface area contributed by atoms with E-state index < -0.39 is 0 Å². The molecule has 0 saturated heterocycles. The molecule has 8 heteroatoms. The van der Waals surface area contributed by atoms with Crippen LogP contribution in [0.1, 0.15) is 6.92 Å². The van der Waals surface area contributed by atoms with Crippen LogP contribution >= 0.6 is 23.4 Å². The number of hydrogen-bond acceptors (Lipinski definition) is 6. The van der Waals surface area contributed by atoms with Crippen LogP contribution in [0, 0.1) is 0 Å². The van der Waals surface area contributed by atoms with Gasteiger partial charge in [-0.15, -0.1) is 0 Å². The second-order valence-electron chi connectivity index (χ2n) is 4.14. The summed E-state index contributed by atoms with van der Waals surface area (Å²) >= 11 is 7.18. The molecule has 21 heavy (non-hydrogen) atoms. The van der Waals surface area contributed by atoms with E-state index in [2.05, 4.69) is 19.9 Å². The predicted octanol–water partition coefficient (Wildman–Crippen LogP) is 3.14. The van der Waals surface area contributed by atoms with Crippen molar-refractivity contribution < 1.29 is 4.74 Å². The molecule has 0 spiro atoms. The number of nitrogen functional groups attached to an aromatic ring is 1. The predicted molar refractivity (Wildman–Crippen MR) is 82.8 cm³/mol. The number of aromatic nitrogens is 4. The summed E-state index contributed by atoms with van der Waals surface area (Å²) in [6.45, 7) is 2.57. The quantitative estimate of drug-likeness (QED) is 0.717. The number of imidazole rings is 1. The van der Waals surface area contributed by atoms with Gasteiger partial charge < -0.3 is 15.5 Å². The molecule has 0 aliphatic carbocycles. The SMILES string of the molecule is CCOc1ccc2nc(Sc3ncnc(Cl)c3N)[nH]c2c1. The normalized spacial score (nSPS) is 11.0. The number of fused-ring (bicyclic) bond motifs is 1. The molecule has 0 aliphatic rings. The Kier molecular flexibility index (Phi) is 3.85. The Morgan fingerprint density at radius 1 is 1.38 bits per heavy atom. The second-order valence-corrected chi connectivity index (χ2v) is 5.47. The third kappa shape index (κ3) is 2.88. The Hall–Kier alpha value is -1.99. The fraction of sp³-hybridized carbons (Fsp3) is 0.154. The Morgan fingerprint density at radius 3 is 3.05 bits per heavy atom. The first kappa shape index (κ1) is 14.0. The molecule has 2 aromatic heterocycles. The fourth-order valence-corrected chi connectivity index (χ4v) is 2.79. The summed E-state index contributed by atoms with van der Waals surface area (Å²) < 4.78 is 5.46. The van der Waals surface area contributed by atoms with Crippen molar-refractivity contribution in [3.63, 3.8) is 0 Å². The second kappa shape index (κ2) is 5.79. The van der Waals surface area contributed by atoms with Crippen molar-refractivity contribution >= 4 is 40.1 Å². The number of hydrogen-bond donors (Lipinski definition) is 2. The van der Waals surface area contributed by atoms with Gasteiger partial charge in [0.05, 0.1) is 17.6 Å². The van der Waals surface area contributed by atoms with Gasteiger partial charge in [0.1, 0.15) is 22.8 Å². The van der Waals surface area contributed by atoms with Crippen LogP contribution in [0.4, 0.5) is 5.69 Å². The van der Waals surface area contributed by atoms with Crippen molar-refractivity contribution in [2.45, 2.75) is 17.1 Å². The van der Waals surface area contributed by atoms with Crippen LogP contribution in [0.25, 0.3) is 11.0 Å². The van der Waals surface area contributed by atoms with Gasteiger partial charge in [-0.1, -0.05) is 11.6 Å². The number of rotatable bonds is 4. The topological polar surface area (TPSA) is 89.7 Å². The fourth-order valence-electron chi connectivity index (χ4n) is 1.80. The average Bonchev–Trinajstić information content (AvgIpc) is 2.86. The number of nitrogens with one attached hydrogen (secondary N) is 1. The van der Waals surface area contributed by atoms with E-state index in [4.69, 9.17) is 22.1 Å².